The zero-order valence-electron chi connectivity index (χ0n) is 13.7. The summed E-state index contributed by atoms with van der Waals surface area (Å²) in [6, 6.07) is 9.67. The van der Waals surface area contributed by atoms with Crippen LogP contribution in [-0.4, -0.2) is 20.6 Å². The summed E-state index contributed by atoms with van der Waals surface area (Å²) in [5.41, 5.74) is 0.560. The lowest BCUT2D eigenvalue weighted by atomic mass is 9.93. The summed E-state index contributed by atoms with van der Waals surface area (Å²) in [5.74, 6) is -0.411. The van der Waals surface area contributed by atoms with E-state index in [-0.39, 0.29) is 12.1 Å². The number of carboxylic acid groups (broad SMARTS) is 1. The summed E-state index contributed by atoms with van der Waals surface area (Å²) in [5, 5.41) is 11.8. The van der Waals surface area contributed by atoms with E-state index in [2.05, 4.69) is 4.98 Å². The van der Waals surface area contributed by atoms with Crippen LogP contribution in [0.4, 0.5) is 0 Å². The number of rotatable bonds is 4. The van der Waals surface area contributed by atoms with E-state index in [0.29, 0.717) is 16.0 Å². The van der Waals surface area contributed by atoms with E-state index in [0.717, 1.165) is 11.1 Å². The van der Waals surface area contributed by atoms with E-state index in [1.54, 1.807) is 20.8 Å². The number of benzene rings is 1. The first kappa shape index (κ1) is 16.4. The monoisotopic (exact) mass is 342 g/mol. The minimum Gasteiger partial charge on any atom is -0.481 e. The Bertz CT molecular complexity index is 971. The Morgan fingerprint density at radius 1 is 1.29 bits per heavy atom. The third-order valence-electron chi connectivity index (χ3n) is 4.10. The molecule has 2 aromatic heterocycles. The molecular formula is C18H18N2O3S. The van der Waals surface area contributed by atoms with Gasteiger partial charge in [0.15, 0.2) is 0 Å². The minimum absolute atomic E-state index is 0.0833. The van der Waals surface area contributed by atoms with Crippen LogP contribution in [0.2, 0.25) is 0 Å². The number of thiophene rings is 1. The van der Waals surface area contributed by atoms with Crippen LogP contribution in [0.3, 0.4) is 0 Å². The van der Waals surface area contributed by atoms with Gasteiger partial charge in [0.25, 0.3) is 5.56 Å². The van der Waals surface area contributed by atoms with Crippen LogP contribution in [0, 0.1) is 12.3 Å². The number of fused-ring (bicyclic) bond motifs is 1. The number of hydrogen-bond donors (Lipinski definition) is 1. The van der Waals surface area contributed by atoms with Crippen molar-refractivity contribution in [3.05, 3.63) is 51.9 Å². The quantitative estimate of drug-likeness (QED) is 0.787. The molecule has 2 heterocycles. The van der Waals surface area contributed by atoms with E-state index in [1.165, 1.54) is 15.9 Å². The van der Waals surface area contributed by atoms with E-state index >= 15 is 0 Å². The summed E-state index contributed by atoms with van der Waals surface area (Å²) >= 11 is 1.43. The van der Waals surface area contributed by atoms with Crippen molar-refractivity contribution < 1.29 is 9.90 Å². The molecule has 0 radical (unpaired) electrons. The normalized spacial score (nSPS) is 11.8. The largest absolute Gasteiger partial charge is 0.481 e. The van der Waals surface area contributed by atoms with Crippen molar-refractivity contribution in [1.29, 1.82) is 0 Å². The molecule has 0 atom stereocenters. The number of carboxylic acids is 1. The van der Waals surface area contributed by atoms with Crippen molar-refractivity contribution in [3.8, 4) is 11.1 Å². The predicted octanol–water partition coefficient (Wildman–Crippen LogP) is 3.54. The fourth-order valence-electron chi connectivity index (χ4n) is 2.61. The fraction of sp³-hybridized carbons (Fsp3) is 0.278. The smallest absolute Gasteiger partial charge is 0.310 e. The summed E-state index contributed by atoms with van der Waals surface area (Å²) < 4.78 is 1.47. The second-order valence-corrected chi connectivity index (χ2v) is 7.29. The molecule has 0 bridgehead atoms. The van der Waals surface area contributed by atoms with Gasteiger partial charge < -0.3 is 5.11 Å². The Morgan fingerprint density at radius 2 is 1.96 bits per heavy atom. The Morgan fingerprint density at radius 3 is 2.58 bits per heavy atom. The standard InChI is InChI=1S/C18H18N2O3S/c1-11-19-15-14(13(9-24-15)12-7-5-4-6-8-12)16(21)20(11)10-18(2,3)17(22)23/h4-9H,10H2,1-3H3,(H,22,23). The Balaban J connectivity index is 2.23. The first-order chi connectivity index (χ1) is 11.3. The molecule has 5 nitrogen and oxygen atoms in total. The summed E-state index contributed by atoms with van der Waals surface area (Å²) in [4.78, 5) is 29.7. The number of hydrogen-bond acceptors (Lipinski definition) is 4. The van der Waals surface area contributed by atoms with Gasteiger partial charge in [0.1, 0.15) is 10.7 Å². The van der Waals surface area contributed by atoms with Gasteiger partial charge >= 0.3 is 5.97 Å². The van der Waals surface area contributed by atoms with Crippen molar-refractivity contribution in [2.24, 2.45) is 5.41 Å². The lowest BCUT2D eigenvalue weighted by Gasteiger charge is -2.21. The molecule has 1 aromatic carbocycles. The van der Waals surface area contributed by atoms with Crippen molar-refractivity contribution in [1.82, 2.24) is 9.55 Å². The van der Waals surface area contributed by atoms with E-state index < -0.39 is 11.4 Å². The number of nitrogens with zero attached hydrogens (tertiary/aromatic N) is 2. The second-order valence-electron chi connectivity index (χ2n) is 6.43. The Hall–Kier alpha value is -2.47. The minimum atomic E-state index is -1.05. The average Bonchev–Trinajstić information content (AvgIpc) is 2.96. The Labute approximate surface area is 143 Å². The number of aryl methyl sites for hydroxylation is 1. The average molecular weight is 342 g/mol. The van der Waals surface area contributed by atoms with E-state index in [1.807, 2.05) is 35.7 Å². The molecule has 0 fully saturated rings. The van der Waals surface area contributed by atoms with Crippen LogP contribution in [0.25, 0.3) is 21.3 Å². The summed E-state index contributed by atoms with van der Waals surface area (Å²) in [6.45, 7) is 5.04. The number of aliphatic carboxylic acids is 1. The third-order valence-corrected chi connectivity index (χ3v) is 4.97. The highest BCUT2D eigenvalue weighted by molar-refractivity contribution is 7.17. The third kappa shape index (κ3) is 2.73. The maximum atomic E-state index is 13.0. The van der Waals surface area contributed by atoms with Gasteiger partial charge in [-0.25, -0.2) is 4.98 Å². The maximum absolute atomic E-state index is 13.0. The molecule has 0 amide bonds. The highest BCUT2D eigenvalue weighted by atomic mass is 32.1. The van der Waals surface area contributed by atoms with Crippen LogP contribution in [-0.2, 0) is 11.3 Å². The molecule has 3 rings (SSSR count). The van der Waals surface area contributed by atoms with Gasteiger partial charge in [-0.3, -0.25) is 14.2 Å². The van der Waals surface area contributed by atoms with Gasteiger partial charge in [-0.1, -0.05) is 30.3 Å². The van der Waals surface area contributed by atoms with Crippen LogP contribution >= 0.6 is 11.3 Å². The summed E-state index contributed by atoms with van der Waals surface area (Å²) in [7, 11) is 0. The SMILES string of the molecule is Cc1nc2scc(-c3ccccc3)c2c(=O)n1CC(C)(C)C(=O)O. The van der Waals surface area contributed by atoms with Crippen molar-refractivity contribution in [2.45, 2.75) is 27.3 Å². The Kier molecular flexibility index (Phi) is 4.01. The molecule has 0 aliphatic heterocycles. The van der Waals surface area contributed by atoms with Gasteiger partial charge in [0.05, 0.1) is 10.8 Å². The molecule has 0 saturated carbocycles. The molecule has 6 heteroatoms. The van der Waals surface area contributed by atoms with Gasteiger partial charge in [0.2, 0.25) is 0 Å². The molecule has 0 unspecified atom stereocenters. The maximum Gasteiger partial charge on any atom is 0.310 e. The van der Waals surface area contributed by atoms with Crippen molar-refractivity contribution >= 4 is 27.5 Å². The molecule has 24 heavy (non-hydrogen) atoms. The summed E-state index contributed by atoms with van der Waals surface area (Å²) in [6.07, 6.45) is 0. The van der Waals surface area contributed by atoms with Crippen molar-refractivity contribution in [2.75, 3.05) is 0 Å². The van der Waals surface area contributed by atoms with Gasteiger partial charge in [-0.05, 0) is 26.3 Å². The molecule has 1 N–H and O–H groups in total. The van der Waals surface area contributed by atoms with Crippen LogP contribution in [0.1, 0.15) is 19.7 Å². The van der Waals surface area contributed by atoms with E-state index in [4.69, 9.17) is 0 Å². The highest BCUT2D eigenvalue weighted by Gasteiger charge is 2.29. The molecular weight excluding hydrogens is 324 g/mol. The molecule has 0 aliphatic rings. The lowest BCUT2D eigenvalue weighted by molar-refractivity contribution is -0.147. The second kappa shape index (κ2) is 5.87. The fourth-order valence-corrected chi connectivity index (χ4v) is 3.59. The van der Waals surface area contributed by atoms with Crippen LogP contribution in [0.15, 0.2) is 40.5 Å². The topological polar surface area (TPSA) is 72.2 Å². The lowest BCUT2D eigenvalue weighted by Crippen LogP contribution is -2.35. The molecule has 124 valence electrons. The van der Waals surface area contributed by atoms with Gasteiger partial charge in [-0.2, -0.15) is 0 Å². The van der Waals surface area contributed by atoms with E-state index in [9.17, 15) is 14.7 Å². The first-order valence-corrected chi connectivity index (χ1v) is 8.46. The molecule has 0 aliphatic carbocycles. The number of aromatic nitrogens is 2. The molecule has 0 spiro atoms. The zero-order valence-corrected chi connectivity index (χ0v) is 14.6. The molecule has 3 aromatic rings. The zero-order chi connectivity index (χ0) is 17.5. The van der Waals surface area contributed by atoms with Crippen LogP contribution in [0.5, 0.6) is 0 Å². The van der Waals surface area contributed by atoms with Gasteiger partial charge in [-0.15, -0.1) is 11.3 Å². The molecule has 0 saturated heterocycles. The number of carbonyl (C=O) groups is 1. The van der Waals surface area contributed by atoms with Gasteiger partial charge in [0, 0.05) is 17.5 Å². The first-order valence-electron chi connectivity index (χ1n) is 7.59. The predicted molar refractivity (Wildman–Crippen MR) is 95.5 cm³/mol. The van der Waals surface area contributed by atoms with Crippen LogP contribution < -0.4 is 5.56 Å². The van der Waals surface area contributed by atoms with Crippen molar-refractivity contribution in [3.63, 3.8) is 0 Å². The highest BCUT2D eigenvalue weighted by Crippen LogP contribution is 2.31.